The first-order valence-electron chi connectivity index (χ1n) is 5.03. The summed E-state index contributed by atoms with van der Waals surface area (Å²) < 4.78 is 0. The van der Waals surface area contributed by atoms with Gasteiger partial charge in [0, 0.05) is 7.05 Å². The third-order valence-corrected chi connectivity index (χ3v) is 1.88. The van der Waals surface area contributed by atoms with Crippen LogP contribution in [0, 0.1) is 6.07 Å². The summed E-state index contributed by atoms with van der Waals surface area (Å²) in [7, 11) is 4.21. The fraction of sp³-hybridized carbons (Fsp3) is 0.231. The molecule has 0 saturated heterocycles. The monoisotopic (exact) mass is 221 g/mol. The van der Waals surface area contributed by atoms with Crippen molar-refractivity contribution in [2.24, 2.45) is 0 Å². The van der Waals surface area contributed by atoms with E-state index in [1.54, 1.807) is 0 Å². The van der Waals surface area contributed by atoms with Crippen molar-refractivity contribution in [3.8, 4) is 0 Å². The van der Waals surface area contributed by atoms with Gasteiger partial charge in [0.15, 0.2) is 0 Å². The molecule has 1 nitrogen and oxygen atoms in total. The van der Waals surface area contributed by atoms with E-state index in [1.807, 2.05) is 37.4 Å². The molecule has 0 unspecified atom stereocenters. The summed E-state index contributed by atoms with van der Waals surface area (Å²) in [4.78, 5) is 2.07. The van der Waals surface area contributed by atoms with Gasteiger partial charge in [-0.2, -0.15) is 36.4 Å². The van der Waals surface area contributed by atoms with Crippen molar-refractivity contribution in [3.05, 3.63) is 59.7 Å². The first-order valence-corrected chi connectivity index (χ1v) is 5.03. The van der Waals surface area contributed by atoms with Crippen molar-refractivity contribution in [1.82, 2.24) is 4.90 Å². The van der Waals surface area contributed by atoms with Crippen LogP contribution in [0.1, 0.15) is 13.8 Å². The Bertz CT molecular complexity index is 302. The van der Waals surface area contributed by atoms with Gasteiger partial charge in [-0.1, -0.05) is 13.8 Å². The van der Waals surface area contributed by atoms with Gasteiger partial charge in [-0.15, -0.1) is 0 Å². The van der Waals surface area contributed by atoms with Gasteiger partial charge < -0.3 is 4.90 Å². The van der Waals surface area contributed by atoms with Crippen LogP contribution >= 0.6 is 0 Å². The zero-order valence-electron chi connectivity index (χ0n) is 10.3. The minimum Gasteiger partial charge on any atom is -0.365 e. The van der Waals surface area contributed by atoms with Crippen LogP contribution in [-0.2, 0) is 0 Å². The van der Waals surface area contributed by atoms with Gasteiger partial charge in [0.05, 0.1) is 0 Å². The zero-order chi connectivity index (χ0) is 11.1. The molecule has 0 fully saturated rings. The van der Waals surface area contributed by atoms with Gasteiger partial charge in [0.2, 0.25) is 0 Å². The van der Waals surface area contributed by atoms with Crippen LogP contribution in [0.5, 0.6) is 0 Å². The Morgan fingerprint density at radius 1 is 1.00 bits per heavy atom. The molecule has 0 saturated carbocycles. The molecule has 2 rings (SSSR count). The van der Waals surface area contributed by atoms with Gasteiger partial charge in [-0.3, -0.25) is 18.2 Å². The summed E-state index contributed by atoms with van der Waals surface area (Å²) in [5, 5.41) is 0. The quantitative estimate of drug-likeness (QED) is 0.480. The maximum absolute atomic E-state index is 2.89. The van der Waals surface area contributed by atoms with Crippen LogP contribution in [0.15, 0.2) is 53.7 Å². The van der Waals surface area contributed by atoms with E-state index < -0.39 is 0 Å². The van der Waals surface area contributed by atoms with Gasteiger partial charge in [-0.25, -0.2) is 0 Å². The standard InChI is InChI=1S/C7H11BN.C6H5.Mg/c1-6-4-9(3)5-7(2)8-6;1-2-4-6-5-3-1;/h4-5H,1-3H3;1-5H;/q2*-1;+2. The molecule has 1 aliphatic heterocycles. The molecule has 1 aromatic rings. The number of hydrogen-bond acceptors (Lipinski definition) is 1. The number of allylic oxidation sites excluding steroid dienone is 2. The molecule has 16 heavy (non-hydrogen) atoms. The average Bonchev–Trinajstić information content (AvgIpc) is 2.19. The van der Waals surface area contributed by atoms with Crippen LogP contribution in [-0.4, -0.2) is 42.3 Å². The summed E-state index contributed by atoms with van der Waals surface area (Å²) >= 11 is 0. The Hall–Kier alpha value is -0.669. The molecule has 0 atom stereocenters. The summed E-state index contributed by atoms with van der Waals surface area (Å²) in [6, 6.07) is 12.5. The van der Waals surface area contributed by atoms with Crippen molar-refractivity contribution in [2.45, 2.75) is 13.8 Å². The second kappa shape index (κ2) is 8.48. The SMILES string of the molecule is CC1=CN(C)C=C(C)[B-]1.[Mg+2].[c-]1ccccc1. The summed E-state index contributed by atoms with van der Waals surface area (Å²) in [5.74, 6) is 0. The molecular formula is C13H16BMgN. The average molecular weight is 221 g/mol. The molecule has 1 aliphatic rings. The number of nitrogens with zero attached hydrogens (tertiary/aromatic N) is 1. The molecule has 0 N–H and O–H groups in total. The van der Waals surface area contributed by atoms with Gasteiger partial charge in [-0.05, 0) is 12.4 Å². The second-order valence-electron chi connectivity index (χ2n) is 3.63. The Morgan fingerprint density at radius 2 is 1.50 bits per heavy atom. The Morgan fingerprint density at radius 3 is 1.75 bits per heavy atom. The minimum absolute atomic E-state index is 0. The zero-order valence-corrected chi connectivity index (χ0v) is 11.7. The molecule has 2 radical (unpaired) electrons. The second-order valence-corrected chi connectivity index (χ2v) is 3.63. The summed E-state index contributed by atoms with van der Waals surface area (Å²) in [6.45, 7) is 4.21. The fourth-order valence-corrected chi connectivity index (χ4v) is 1.46. The molecular weight excluding hydrogens is 205 g/mol. The van der Waals surface area contributed by atoms with Gasteiger partial charge >= 0.3 is 23.1 Å². The smallest absolute Gasteiger partial charge is 0.365 e. The van der Waals surface area contributed by atoms with E-state index in [1.165, 1.54) is 10.9 Å². The van der Waals surface area contributed by atoms with E-state index in [0.717, 1.165) is 0 Å². The van der Waals surface area contributed by atoms with E-state index >= 15 is 0 Å². The van der Waals surface area contributed by atoms with E-state index in [2.05, 4.69) is 44.5 Å². The normalized spacial score (nSPS) is 13.8. The molecule has 78 valence electrons. The molecule has 0 aromatic heterocycles. The summed E-state index contributed by atoms with van der Waals surface area (Å²) in [6.07, 6.45) is 4.21. The molecule has 0 aliphatic carbocycles. The molecule has 1 aromatic carbocycles. The van der Waals surface area contributed by atoms with Crippen molar-refractivity contribution < 1.29 is 0 Å². The van der Waals surface area contributed by atoms with Crippen LogP contribution < -0.4 is 0 Å². The minimum atomic E-state index is 0. The molecule has 0 amide bonds. The van der Waals surface area contributed by atoms with E-state index in [9.17, 15) is 0 Å². The third-order valence-electron chi connectivity index (χ3n) is 1.88. The van der Waals surface area contributed by atoms with Crippen LogP contribution in [0.4, 0.5) is 0 Å². The first-order chi connectivity index (χ1) is 7.18. The Balaban J connectivity index is 0.000000283. The van der Waals surface area contributed by atoms with Crippen molar-refractivity contribution in [2.75, 3.05) is 7.05 Å². The van der Waals surface area contributed by atoms with Gasteiger partial charge in [0.1, 0.15) is 0 Å². The summed E-state index contributed by atoms with van der Waals surface area (Å²) in [5.41, 5.74) is 2.63. The maximum Gasteiger partial charge on any atom is 2.00 e. The number of benzene rings is 1. The van der Waals surface area contributed by atoms with E-state index in [4.69, 9.17) is 0 Å². The fourth-order valence-electron chi connectivity index (χ4n) is 1.46. The van der Waals surface area contributed by atoms with Crippen LogP contribution in [0.25, 0.3) is 0 Å². The van der Waals surface area contributed by atoms with Gasteiger partial charge in [0.25, 0.3) is 0 Å². The largest absolute Gasteiger partial charge is 2.00 e. The van der Waals surface area contributed by atoms with E-state index in [0.29, 0.717) is 0 Å². The van der Waals surface area contributed by atoms with Crippen molar-refractivity contribution in [1.29, 1.82) is 0 Å². The van der Waals surface area contributed by atoms with Crippen LogP contribution in [0.3, 0.4) is 0 Å². The topological polar surface area (TPSA) is 3.24 Å². The number of hydrogen-bond donors (Lipinski definition) is 0. The van der Waals surface area contributed by atoms with Crippen molar-refractivity contribution in [3.63, 3.8) is 0 Å². The molecule has 3 heteroatoms. The molecule has 1 heterocycles. The Labute approximate surface area is 116 Å². The van der Waals surface area contributed by atoms with E-state index in [-0.39, 0.29) is 23.1 Å². The Kier molecular flexibility index (Phi) is 8.12. The predicted octanol–water partition coefficient (Wildman–Crippen LogP) is 2.46. The van der Waals surface area contributed by atoms with Crippen LogP contribution in [0.2, 0.25) is 0 Å². The first kappa shape index (κ1) is 15.3. The molecule has 0 bridgehead atoms. The molecule has 0 spiro atoms. The maximum atomic E-state index is 2.89. The third kappa shape index (κ3) is 6.75. The predicted molar refractivity (Wildman–Crippen MR) is 72.1 cm³/mol. The van der Waals surface area contributed by atoms with Crippen molar-refractivity contribution >= 4 is 30.3 Å². The number of rotatable bonds is 0.